The maximum absolute atomic E-state index is 9.64. The molecule has 3 heteroatoms. The fourth-order valence-corrected chi connectivity index (χ4v) is 1.33. The number of pyridine rings is 1. The Bertz CT molecular complexity index is 507. The molecule has 0 radical (unpaired) electrons. The summed E-state index contributed by atoms with van der Waals surface area (Å²) in [6.07, 6.45) is 3.33. The molecule has 0 aliphatic rings. The minimum atomic E-state index is 0.187. The van der Waals surface area contributed by atoms with E-state index in [1.54, 1.807) is 24.5 Å². The van der Waals surface area contributed by atoms with Gasteiger partial charge in [0.2, 0.25) is 0 Å². The van der Waals surface area contributed by atoms with E-state index < -0.39 is 0 Å². The van der Waals surface area contributed by atoms with Gasteiger partial charge in [-0.05, 0) is 36.8 Å². The third-order valence-electron chi connectivity index (χ3n) is 2.15. The van der Waals surface area contributed by atoms with Crippen LogP contribution in [-0.4, -0.2) is 16.3 Å². The fraction of sp³-hybridized carbons (Fsp3) is 0.0769. The highest BCUT2D eigenvalue weighted by molar-refractivity contribution is 5.80. The zero-order chi connectivity index (χ0) is 11.4. The lowest BCUT2D eigenvalue weighted by molar-refractivity contribution is 0.476. The van der Waals surface area contributed by atoms with Crippen molar-refractivity contribution >= 4 is 11.9 Å². The zero-order valence-electron chi connectivity index (χ0n) is 8.96. The van der Waals surface area contributed by atoms with Gasteiger partial charge in [0.05, 0.1) is 11.9 Å². The number of phenolic OH excluding ortho intramolecular Hbond substituents is 1. The molecule has 0 atom stereocenters. The molecule has 80 valence electrons. The fourth-order valence-electron chi connectivity index (χ4n) is 1.33. The number of aromatic hydroxyl groups is 1. The standard InChI is InChI=1S/C13H12N2O/c1-10-5-6-12(13(16)8-10)15-9-11-4-2-3-7-14-11/h2-9,16H,1H3. The number of aromatic nitrogens is 1. The van der Waals surface area contributed by atoms with Crippen LogP contribution < -0.4 is 0 Å². The van der Waals surface area contributed by atoms with Crippen LogP contribution >= 0.6 is 0 Å². The van der Waals surface area contributed by atoms with Gasteiger partial charge in [-0.25, -0.2) is 0 Å². The number of rotatable bonds is 2. The molecule has 1 aromatic heterocycles. The van der Waals surface area contributed by atoms with E-state index in [1.165, 1.54) is 0 Å². The van der Waals surface area contributed by atoms with Crippen molar-refractivity contribution in [1.29, 1.82) is 0 Å². The Morgan fingerprint density at radius 3 is 2.81 bits per heavy atom. The second-order valence-electron chi connectivity index (χ2n) is 3.50. The van der Waals surface area contributed by atoms with Crippen molar-refractivity contribution < 1.29 is 5.11 Å². The highest BCUT2D eigenvalue weighted by Crippen LogP contribution is 2.26. The quantitative estimate of drug-likeness (QED) is 0.778. The van der Waals surface area contributed by atoms with Gasteiger partial charge in [0.25, 0.3) is 0 Å². The highest BCUT2D eigenvalue weighted by atomic mass is 16.3. The molecule has 0 fully saturated rings. The summed E-state index contributed by atoms with van der Waals surface area (Å²) in [4.78, 5) is 8.29. The first-order chi connectivity index (χ1) is 7.75. The van der Waals surface area contributed by atoms with Crippen molar-refractivity contribution in [2.24, 2.45) is 4.99 Å². The summed E-state index contributed by atoms with van der Waals surface area (Å²) in [6, 6.07) is 11.0. The van der Waals surface area contributed by atoms with Gasteiger partial charge in [-0.1, -0.05) is 12.1 Å². The van der Waals surface area contributed by atoms with Crippen LogP contribution in [0.2, 0.25) is 0 Å². The van der Waals surface area contributed by atoms with E-state index in [-0.39, 0.29) is 5.75 Å². The summed E-state index contributed by atoms with van der Waals surface area (Å²) in [5.74, 6) is 0.187. The zero-order valence-corrected chi connectivity index (χ0v) is 8.96. The van der Waals surface area contributed by atoms with Gasteiger partial charge >= 0.3 is 0 Å². The van der Waals surface area contributed by atoms with Crippen LogP contribution in [0.3, 0.4) is 0 Å². The average Bonchev–Trinajstić information content (AvgIpc) is 2.29. The van der Waals surface area contributed by atoms with Crippen LogP contribution in [0.1, 0.15) is 11.3 Å². The maximum atomic E-state index is 9.64. The minimum Gasteiger partial charge on any atom is -0.506 e. The molecule has 1 N–H and O–H groups in total. The summed E-state index contributed by atoms with van der Waals surface area (Å²) in [6.45, 7) is 1.92. The Labute approximate surface area is 94.1 Å². The van der Waals surface area contributed by atoms with Gasteiger partial charge in [-0.15, -0.1) is 0 Å². The van der Waals surface area contributed by atoms with E-state index in [1.807, 2.05) is 31.2 Å². The number of hydrogen-bond donors (Lipinski definition) is 1. The first kappa shape index (κ1) is 10.4. The minimum absolute atomic E-state index is 0.187. The highest BCUT2D eigenvalue weighted by Gasteiger charge is 1.97. The van der Waals surface area contributed by atoms with E-state index in [2.05, 4.69) is 9.98 Å². The first-order valence-electron chi connectivity index (χ1n) is 5.00. The lowest BCUT2D eigenvalue weighted by Gasteiger charge is -1.99. The molecule has 0 amide bonds. The predicted octanol–water partition coefficient (Wildman–Crippen LogP) is 2.85. The van der Waals surface area contributed by atoms with E-state index in [9.17, 15) is 5.11 Å². The van der Waals surface area contributed by atoms with Crippen LogP contribution in [0.15, 0.2) is 47.6 Å². The molecule has 0 aliphatic carbocycles. The predicted molar refractivity (Wildman–Crippen MR) is 64.3 cm³/mol. The van der Waals surface area contributed by atoms with E-state index in [0.717, 1.165) is 11.3 Å². The van der Waals surface area contributed by atoms with Crippen molar-refractivity contribution in [2.45, 2.75) is 6.92 Å². The number of benzene rings is 1. The molecule has 0 spiro atoms. The number of phenols is 1. The maximum Gasteiger partial charge on any atom is 0.141 e. The van der Waals surface area contributed by atoms with E-state index in [0.29, 0.717) is 5.69 Å². The van der Waals surface area contributed by atoms with Gasteiger partial charge in [-0.2, -0.15) is 0 Å². The van der Waals surface area contributed by atoms with Crippen LogP contribution in [0.25, 0.3) is 0 Å². The normalized spacial score (nSPS) is 10.8. The summed E-state index contributed by atoms with van der Waals surface area (Å²) in [5, 5.41) is 9.64. The van der Waals surface area contributed by atoms with Crippen LogP contribution in [0, 0.1) is 6.92 Å². The molecule has 1 heterocycles. The second kappa shape index (κ2) is 4.57. The SMILES string of the molecule is Cc1ccc(N=Cc2ccccn2)c(O)c1. The molecule has 0 aliphatic heterocycles. The summed E-state index contributed by atoms with van der Waals surface area (Å²) >= 11 is 0. The number of nitrogens with zero attached hydrogens (tertiary/aromatic N) is 2. The summed E-state index contributed by atoms with van der Waals surface area (Å²) < 4.78 is 0. The van der Waals surface area contributed by atoms with Crippen molar-refractivity contribution in [3.05, 3.63) is 53.9 Å². The number of aliphatic imine (C=N–C) groups is 1. The van der Waals surface area contributed by atoms with Crippen molar-refractivity contribution in [3.63, 3.8) is 0 Å². The largest absolute Gasteiger partial charge is 0.506 e. The number of aryl methyl sites for hydroxylation is 1. The third kappa shape index (κ3) is 2.45. The topological polar surface area (TPSA) is 45.5 Å². The number of hydrogen-bond acceptors (Lipinski definition) is 3. The Kier molecular flexibility index (Phi) is 2.96. The molecule has 16 heavy (non-hydrogen) atoms. The third-order valence-corrected chi connectivity index (χ3v) is 2.15. The molecule has 0 unspecified atom stereocenters. The van der Waals surface area contributed by atoms with Crippen molar-refractivity contribution in [3.8, 4) is 5.75 Å². The van der Waals surface area contributed by atoms with E-state index in [4.69, 9.17) is 0 Å². The van der Waals surface area contributed by atoms with Crippen LogP contribution in [0.5, 0.6) is 5.75 Å². The Balaban J connectivity index is 2.24. The van der Waals surface area contributed by atoms with Crippen molar-refractivity contribution in [2.75, 3.05) is 0 Å². The van der Waals surface area contributed by atoms with Gasteiger partial charge < -0.3 is 5.11 Å². The van der Waals surface area contributed by atoms with Gasteiger partial charge in [-0.3, -0.25) is 9.98 Å². The van der Waals surface area contributed by atoms with Gasteiger partial charge in [0, 0.05) is 6.20 Å². The Hall–Kier alpha value is -2.16. The molecular formula is C13H12N2O. The lowest BCUT2D eigenvalue weighted by atomic mass is 10.2. The molecule has 0 saturated heterocycles. The van der Waals surface area contributed by atoms with E-state index >= 15 is 0 Å². The van der Waals surface area contributed by atoms with Crippen molar-refractivity contribution in [1.82, 2.24) is 4.98 Å². The Morgan fingerprint density at radius 1 is 1.25 bits per heavy atom. The molecule has 0 bridgehead atoms. The second-order valence-corrected chi connectivity index (χ2v) is 3.50. The molecular weight excluding hydrogens is 200 g/mol. The summed E-state index contributed by atoms with van der Waals surface area (Å²) in [5.41, 5.74) is 2.33. The average molecular weight is 212 g/mol. The Morgan fingerprint density at radius 2 is 2.12 bits per heavy atom. The van der Waals surface area contributed by atoms with Gasteiger partial charge in [0.1, 0.15) is 11.4 Å². The molecule has 3 nitrogen and oxygen atoms in total. The van der Waals surface area contributed by atoms with Gasteiger partial charge in [0.15, 0.2) is 0 Å². The molecule has 2 rings (SSSR count). The smallest absolute Gasteiger partial charge is 0.141 e. The molecule has 0 saturated carbocycles. The van der Waals surface area contributed by atoms with Crippen LogP contribution in [-0.2, 0) is 0 Å². The van der Waals surface area contributed by atoms with Crippen LogP contribution in [0.4, 0.5) is 5.69 Å². The first-order valence-corrected chi connectivity index (χ1v) is 5.00. The lowest BCUT2D eigenvalue weighted by Crippen LogP contribution is -1.84. The molecule has 1 aromatic carbocycles. The monoisotopic (exact) mass is 212 g/mol. The molecule has 2 aromatic rings. The summed E-state index contributed by atoms with van der Waals surface area (Å²) in [7, 11) is 0.